The predicted molar refractivity (Wildman–Crippen MR) is 167 cm³/mol. The second-order valence-electron chi connectivity index (χ2n) is 13.5. The minimum absolute atomic E-state index is 0.214. The molecule has 0 bridgehead atoms. The second kappa shape index (κ2) is 7.97. The van der Waals surface area contributed by atoms with Gasteiger partial charge in [0.25, 0.3) is 0 Å². The lowest BCUT2D eigenvalue weighted by molar-refractivity contribution is 0.497. The number of aromatic nitrogens is 5. The maximum atomic E-state index is 5.16. The van der Waals surface area contributed by atoms with E-state index in [2.05, 4.69) is 109 Å². The molecule has 4 aromatic heterocycles. The van der Waals surface area contributed by atoms with Crippen LogP contribution in [0.4, 0.5) is 0 Å². The van der Waals surface area contributed by atoms with E-state index in [0.29, 0.717) is 0 Å². The molecule has 0 radical (unpaired) electrons. The lowest BCUT2D eigenvalue weighted by Gasteiger charge is -2.23. The molecule has 200 valence electrons. The van der Waals surface area contributed by atoms with Gasteiger partial charge in [-0.25, -0.2) is 15.0 Å². The molecule has 0 saturated carbocycles. The molecule has 0 aliphatic heterocycles. The second-order valence-corrected chi connectivity index (χ2v) is 13.5. The highest BCUT2D eigenvalue weighted by atomic mass is 15.1. The van der Waals surface area contributed by atoms with Crippen molar-refractivity contribution in [3.63, 3.8) is 0 Å². The van der Waals surface area contributed by atoms with Gasteiger partial charge in [-0.15, -0.1) is 0 Å². The maximum absolute atomic E-state index is 5.16. The van der Waals surface area contributed by atoms with Crippen LogP contribution in [0, 0.1) is 20.8 Å². The first-order valence-corrected chi connectivity index (χ1v) is 14.1. The molecular weight excluding hydrogens is 490 g/mol. The van der Waals surface area contributed by atoms with Gasteiger partial charge >= 0.3 is 0 Å². The van der Waals surface area contributed by atoms with Crippen LogP contribution in [0.1, 0.15) is 69.9 Å². The number of nitrogens with zero attached hydrogens (tertiary/aromatic N) is 5. The molecule has 0 fully saturated rings. The standard InChI is InChI=1S/C35H35N5/c1-18-15-20(3)29-23(16-18)28-26-21(13-14-36-28)17-22(27-25-19(2)11-10-12-24(25)40(29)30(26)27)31-37-32(34(4,5)6)39-33(38-31)35(7,8)9/h10-17H,1-9H3. The van der Waals surface area contributed by atoms with Crippen molar-refractivity contribution in [3.05, 3.63) is 77.0 Å². The fourth-order valence-corrected chi connectivity index (χ4v) is 6.30. The smallest absolute Gasteiger partial charge is 0.164 e. The van der Waals surface area contributed by atoms with E-state index in [0.717, 1.165) is 33.9 Å². The summed E-state index contributed by atoms with van der Waals surface area (Å²) in [5.41, 5.74) is 8.99. The molecule has 7 aromatic rings. The average molecular weight is 526 g/mol. The molecule has 40 heavy (non-hydrogen) atoms. The van der Waals surface area contributed by atoms with Gasteiger partial charge in [-0.05, 0) is 61.5 Å². The zero-order valence-electron chi connectivity index (χ0n) is 24.9. The van der Waals surface area contributed by atoms with E-state index < -0.39 is 0 Å². The first-order valence-electron chi connectivity index (χ1n) is 14.1. The Balaban J connectivity index is 1.79. The highest BCUT2D eigenvalue weighted by Gasteiger charge is 2.28. The predicted octanol–water partition coefficient (Wildman–Crippen LogP) is 8.76. The molecule has 0 N–H and O–H groups in total. The Morgan fingerprint density at radius 1 is 0.675 bits per heavy atom. The zero-order chi connectivity index (χ0) is 28.3. The van der Waals surface area contributed by atoms with E-state index in [1.165, 1.54) is 54.8 Å². The van der Waals surface area contributed by atoms with E-state index >= 15 is 0 Å². The average Bonchev–Trinajstić information content (AvgIpc) is 3.23. The van der Waals surface area contributed by atoms with Crippen LogP contribution in [0.15, 0.2) is 48.7 Å². The number of rotatable bonds is 1. The van der Waals surface area contributed by atoms with Crippen LogP contribution in [-0.4, -0.2) is 24.3 Å². The third-order valence-electron chi connectivity index (χ3n) is 8.13. The fourth-order valence-electron chi connectivity index (χ4n) is 6.30. The molecule has 0 aliphatic carbocycles. The molecule has 5 heteroatoms. The summed E-state index contributed by atoms with van der Waals surface area (Å²) < 4.78 is 2.47. The lowest BCUT2D eigenvalue weighted by Crippen LogP contribution is -2.24. The lowest BCUT2D eigenvalue weighted by atomic mass is 9.92. The van der Waals surface area contributed by atoms with Gasteiger partial charge in [-0.1, -0.05) is 65.3 Å². The molecule has 0 atom stereocenters. The Kier molecular flexibility index (Phi) is 4.96. The van der Waals surface area contributed by atoms with Crippen molar-refractivity contribution in [2.75, 3.05) is 0 Å². The Bertz CT molecular complexity index is 2120. The molecule has 0 aliphatic rings. The van der Waals surface area contributed by atoms with Gasteiger partial charge in [-0.2, -0.15) is 0 Å². The first-order chi connectivity index (χ1) is 18.8. The Hall–Kier alpha value is -4.12. The van der Waals surface area contributed by atoms with Crippen LogP contribution in [0.3, 0.4) is 0 Å². The summed E-state index contributed by atoms with van der Waals surface area (Å²) in [6, 6.07) is 15.6. The SMILES string of the molecule is Cc1cc(C)c2c(c1)c1nccc3cc(-c4nc(C(C)(C)C)nc(C(C)(C)C)n4)c4c5c(C)cccc5n2c4c31. The monoisotopic (exact) mass is 525 g/mol. The van der Waals surface area contributed by atoms with Crippen molar-refractivity contribution in [1.82, 2.24) is 24.3 Å². The van der Waals surface area contributed by atoms with Crippen molar-refractivity contribution in [1.29, 1.82) is 0 Å². The molecule has 5 nitrogen and oxygen atoms in total. The van der Waals surface area contributed by atoms with Crippen LogP contribution >= 0.6 is 0 Å². The summed E-state index contributed by atoms with van der Waals surface area (Å²) in [4.78, 5) is 20.3. The van der Waals surface area contributed by atoms with Gasteiger partial charge in [-0.3, -0.25) is 4.98 Å². The molecule has 3 aromatic carbocycles. The van der Waals surface area contributed by atoms with E-state index in [9.17, 15) is 0 Å². The van der Waals surface area contributed by atoms with Gasteiger partial charge < -0.3 is 4.40 Å². The number of fused-ring (bicyclic) bond motifs is 6. The van der Waals surface area contributed by atoms with E-state index in [-0.39, 0.29) is 10.8 Å². The van der Waals surface area contributed by atoms with Crippen LogP contribution in [0.2, 0.25) is 0 Å². The molecule has 4 heterocycles. The quantitative estimate of drug-likeness (QED) is 0.159. The molecule has 0 saturated heterocycles. The highest BCUT2D eigenvalue weighted by molar-refractivity contribution is 6.31. The Morgan fingerprint density at radius 2 is 1.38 bits per heavy atom. The van der Waals surface area contributed by atoms with Gasteiger partial charge in [0, 0.05) is 44.1 Å². The number of benzene rings is 3. The number of hydrogen-bond donors (Lipinski definition) is 0. The van der Waals surface area contributed by atoms with E-state index in [4.69, 9.17) is 19.9 Å². The molecular formula is C35H35N5. The molecule has 0 spiro atoms. The van der Waals surface area contributed by atoms with Crippen LogP contribution in [-0.2, 0) is 10.8 Å². The van der Waals surface area contributed by atoms with Crippen molar-refractivity contribution < 1.29 is 0 Å². The van der Waals surface area contributed by atoms with Crippen molar-refractivity contribution in [2.24, 2.45) is 0 Å². The van der Waals surface area contributed by atoms with E-state index in [1.807, 2.05) is 6.20 Å². The zero-order valence-corrected chi connectivity index (χ0v) is 24.9. The van der Waals surface area contributed by atoms with E-state index in [1.54, 1.807) is 0 Å². The minimum Gasteiger partial charge on any atom is -0.308 e. The third-order valence-corrected chi connectivity index (χ3v) is 8.13. The summed E-state index contributed by atoms with van der Waals surface area (Å²) in [5.74, 6) is 2.37. The summed E-state index contributed by atoms with van der Waals surface area (Å²) in [6.45, 7) is 19.6. The van der Waals surface area contributed by atoms with Crippen molar-refractivity contribution in [3.8, 4) is 11.4 Å². The largest absolute Gasteiger partial charge is 0.308 e. The topological polar surface area (TPSA) is 56.0 Å². The maximum Gasteiger partial charge on any atom is 0.164 e. The third kappa shape index (κ3) is 3.39. The Labute approximate surface area is 234 Å². The van der Waals surface area contributed by atoms with Crippen LogP contribution < -0.4 is 0 Å². The summed E-state index contributed by atoms with van der Waals surface area (Å²) in [6.07, 6.45) is 1.94. The minimum atomic E-state index is -0.214. The van der Waals surface area contributed by atoms with Crippen molar-refractivity contribution >= 4 is 49.0 Å². The number of aryl methyl sites for hydroxylation is 3. The van der Waals surface area contributed by atoms with Gasteiger partial charge in [0.2, 0.25) is 0 Å². The summed E-state index contributed by atoms with van der Waals surface area (Å²) in [5, 5.41) is 5.96. The van der Waals surface area contributed by atoms with Crippen LogP contribution in [0.5, 0.6) is 0 Å². The van der Waals surface area contributed by atoms with Gasteiger partial charge in [0.1, 0.15) is 11.6 Å². The van der Waals surface area contributed by atoms with Gasteiger partial charge in [0.15, 0.2) is 5.82 Å². The van der Waals surface area contributed by atoms with Crippen molar-refractivity contribution in [2.45, 2.75) is 73.1 Å². The molecule has 7 rings (SSSR count). The summed E-state index contributed by atoms with van der Waals surface area (Å²) in [7, 11) is 0. The normalized spacial score (nSPS) is 13.1. The molecule has 0 unspecified atom stereocenters. The first kappa shape index (κ1) is 24.9. The highest BCUT2D eigenvalue weighted by Crippen LogP contribution is 2.46. The number of pyridine rings is 2. The Morgan fingerprint density at radius 3 is 2.05 bits per heavy atom. The summed E-state index contributed by atoms with van der Waals surface area (Å²) >= 11 is 0. The van der Waals surface area contributed by atoms with Crippen LogP contribution in [0.25, 0.3) is 60.4 Å². The van der Waals surface area contributed by atoms with Gasteiger partial charge in [0.05, 0.1) is 22.1 Å². The number of hydrogen-bond acceptors (Lipinski definition) is 4. The fraction of sp³-hybridized carbons (Fsp3) is 0.314. The molecule has 0 amide bonds.